The van der Waals surface area contributed by atoms with E-state index in [1.54, 1.807) is 34.7 Å². The van der Waals surface area contributed by atoms with Crippen LogP contribution < -0.4 is 5.32 Å². The van der Waals surface area contributed by atoms with Gasteiger partial charge >= 0.3 is 0 Å². The Bertz CT molecular complexity index is 1130. The summed E-state index contributed by atoms with van der Waals surface area (Å²) in [7, 11) is 0. The van der Waals surface area contributed by atoms with E-state index < -0.39 is 0 Å². The second kappa shape index (κ2) is 11.7. The van der Waals surface area contributed by atoms with E-state index in [4.69, 9.17) is 4.74 Å². The molecule has 1 fully saturated rings. The van der Waals surface area contributed by atoms with Gasteiger partial charge in [-0.25, -0.2) is 9.37 Å². The van der Waals surface area contributed by atoms with Crippen molar-refractivity contribution in [3.8, 4) is 16.9 Å². The lowest BCUT2D eigenvalue weighted by Gasteiger charge is -2.29. The molecule has 0 unspecified atom stereocenters. The summed E-state index contributed by atoms with van der Waals surface area (Å²) < 4.78 is 20.6. The minimum Gasteiger partial charge on any atom is -0.379 e. The van der Waals surface area contributed by atoms with Gasteiger partial charge in [-0.3, -0.25) is 24.4 Å². The Labute approximate surface area is 204 Å². The van der Waals surface area contributed by atoms with E-state index in [-0.39, 0.29) is 24.2 Å². The number of carbonyl (C=O) groups is 2. The van der Waals surface area contributed by atoms with Gasteiger partial charge in [0.2, 0.25) is 17.8 Å². The lowest BCUT2D eigenvalue weighted by atomic mass is 10.2. The number of nitrogens with one attached hydrogen (secondary N) is 1. The zero-order valence-electron chi connectivity index (χ0n) is 19.8. The van der Waals surface area contributed by atoms with Crippen molar-refractivity contribution in [2.45, 2.75) is 13.3 Å². The van der Waals surface area contributed by atoms with E-state index in [0.717, 1.165) is 18.7 Å². The highest BCUT2D eigenvalue weighted by Crippen LogP contribution is 2.24. The van der Waals surface area contributed by atoms with Crippen LogP contribution in [0.4, 0.5) is 10.3 Å². The molecule has 1 aromatic heterocycles. The van der Waals surface area contributed by atoms with Crippen molar-refractivity contribution in [1.82, 2.24) is 19.4 Å². The molecule has 0 atom stereocenters. The quantitative estimate of drug-likeness (QED) is 0.510. The van der Waals surface area contributed by atoms with Crippen LogP contribution in [0.25, 0.3) is 16.9 Å². The van der Waals surface area contributed by atoms with E-state index in [2.05, 4.69) is 15.2 Å². The van der Waals surface area contributed by atoms with E-state index in [1.807, 2.05) is 30.3 Å². The van der Waals surface area contributed by atoms with Gasteiger partial charge in [0.1, 0.15) is 5.82 Å². The van der Waals surface area contributed by atoms with Crippen molar-refractivity contribution in [2.24, 2.45) is 0 Å². The number of amides is 2. The van der Waals surface area contributed by atoms with Crippen LogP contribution in [0.3, 0.4) is 0 Å². The molecule has 0 aliphatic carbocycles. The number of imidazole rings is 1. The van der Waals surface area contributed by atoms with Gasteiger partial charge in [-0.05, 0) is 24.3 Å². The largest absolute Gasteiger partial charge is 0.379 e. The molecule has 1 saturated heterocycles. The van der Waals surface area contributed by atoms with E-state index in [0.29, 0.717) is 50.1 Å². The molecule has 4 rings (SSSR count). The van der Waals surface area contributed by atoms with Crippen LogP contribution in [-0.2, 0) is 14.3 Å². The lowest BCUT2D eigenvalue weighted by molar-refractivity contribution is -0.134. The molecule has 1 N–H and O–H groups in total. The highest BCUT2D eigenvalue weighted by Gasteiger charge is 2.20. The number of benzene rings is 2. The molecule has 1 aliphatic heterocycles. The van der Waals surface area contributed by atoms with Crippen LogP contribution >= 0.6 is 0 Å². The molecule has 0 saturated carbocycles. The summed E-state index contributed by atoms with van der Waals surface area (Å²) in [6.45, 7) is 5.85. The number of ether oxygens (including phenoxy) is 1. The topological polar surface area (TPSA) is 79.7 Å². The van der Waals surface area contributed by atoms with Crippen LogP contribution in [0.1, 0.15) is 13.3 Å². The zero-order chi connectivity index (χ0) is 24.6. The molecule has 35 heavy (non-hydrogen) atoms. The number of anilines is 1. The Morgan fingerprint density at radius 3 is 2.49 bits per heavy atom. The monoisotopic (exact) mass is 479 g/mol. The van der Waals surface area contributed by atoms with Gasteiger partial charge < -0.3 is 9.64 Å². The third-order valence-corrected chi connectivity index (χ3v) is 5.91. The Morgan fingerprint density at radius 1 is 1.09 bits per heavy atom. The maximum absolute atomic E-state index is 13.5. The molecule has 1 aliphatic rings. The summed E-state index contributed by atoms with van der Waals surface area (Å²) in [5, 5.41) is 2.85. The normalized spacial score (nSPS) is 14.0. The Hall–Kier alpha value is -3.56. The molecule has 2 heterocycles. The molecular weight excluding hydrogens is 449 g/mol. The number of hydrogen-bond donors (Lipinski definition) is 1. The number of morpholine rings is 1. The maximum atomic E-state index is 13.5. The summed E-state index contributed by atoms with van der Waals surface area (Å²) in [6.07, 6.45) is 2.12. The molecule has 184 valence electrons. The Morgan fingerprint density at radius 2 is 1.80 bits per heavy atom. The molecule has 2 amide bonds. The molecule has 0 spiro atoms. The van der Waals surface area contributed by atoms with Crippen LogP contribution in [0.2, 0.25) is 0 Å². The highest BCUT2D eigenvalue weighted by molar-refractivity contribution is 5.93. The minimum atomic E-state index is -0.350. The summed E-state index contributed by atoms with van der Waals surface area (Å²) in [5.41, 5.74) is 2.21. The summed E-state index contributed by atoms with van der Waals surface area (Å²) in [4.78, 5) is 34.0. The number of carbonyl (C=O) groups excluding carboxylic acids is 2. The molecule has 2 aromatic carbocycles. The number of halogens is 1. The first-order valence-corrected chi connectivity index (χ1v) is 11.8. The fraction of sp³-hybridized carbons (Fsp3) is 0.346. The first-order chi connectivity index (χ1) is 17.0. The Balaban J connectivity index is 1.51. The molecular formula is C26H30FN5O3. The molecule has 9 heteroatoms. The van der Waals surface area contributed by atoms with E-state index in [1.165, 1.54) is 12.1 Å². The van der Waals surface area contributed by atoms with Crippen molar-refractivity contribution in [1.29, 1.82) is 0 Å². The first kappa shape index (κ1) is 24.6. The van der Waals surface area contributed by atoms with Crippen LogP contribution in [0, 0.1) is 5.82 Å². The molecule has 8 nitrogen and oxygen atoms in total. The van der Waals surface area contributed by atoms with Gasteiger partial charge in [0.15, 0.2) is 0 Å². The Kier molecular flexibility index (Phi) is 8.23. The second-order valence-corrected chi connectivity index (χ2v) is 8.33. The van der Waals surface area contributed by atoms with Crippen LogP contribution in [0.15, 0.2) is 60.8 Å². The second-order valence-electron chi connectivity index (χ2n) is 8.33. The smallest absolute Gasteiger partial charge is 0.246 e. The minimum absolute atomic E-state index is 0.0754. The standard InChI is InChI=1S/C26H30FN5O3/c1-2-25(34)31(13-12-30-14-16-35-17-15-30)19-24(33)29-26-28-23(20-6-4-3-5-7-20)18-32(26)22-10-8-21(27)9-11-22/h3-11,18H,2,12-17,19H2,1H3,(H,28,29,33). The zero-order valence-corrected chi connectivity index (χ0v) is 19.8. The summed E-state index contributed by atoms with van der Waals surface area (Å²) in [6, 6.07) is 15.5. The van der Waals surface area contributed by atoms with Gasteiger partial charge in [0, 0.05) is 50.0 Å². The van der Waals surface area contributed by atoms with Crippen LogP contribution in [-0.4, -0.2) is 77.1 Å². The number of rotatable bonds is 9. The van der Waals surface area contributed by atoms with Crippen molar-refractivity contribution in [2.75, 3.05) is 51.3 Å². The average Bonchev–Trinajstić information content (AvgIpc) is 3.31. The third kappa shape index (κ3) is 6.52. The van der Waals surface area contributed by atoms with Gasteiger partial charge in [-0.15, -0.1) is 0 Å². The van der Waals surface area contributed by atoms with Gasteiger partial charge in [-0.1, -0.05) is 37.3 Å². The predicted octanol–water partition coefficient (Wildman–Crippen LogP) is 3.19. The first-order valence-electron chi connectivity index (χ1n) is 11.8. The molecule has 0 radical (unpaired) electrons. The van der Waals surface area contributed by atoms with E-state index >= 15 is 0 Å². The summed E-state index contributed by atoms with van der Waals surface area (Å²) in [5.74, 6) is -0.475. The van der Waals surface area contributed by atoms with Crippen molar-refractivity contribution < 1.29 is 18.7 Å². The highest BCUT2D eigenvalue weighted by atomic mass is 19.1. The van der Waals surface area contributed by atoms with Crippen molar-refractivity contribution >= 4 is 17.8 Å². The average molecular weight is 480 g/mol. The van der Waals surface area contributed by atoms with Gasteiger partial charge in [-0.2, -0.15) is 0 Å². The predicted molar refractivity (Wildman–Crippen MR) is 132 cm³/mol. The number of nitrogens with zero attached hydrogens (tertiary/aromatic N) is 4. The fourth-order valence-corrected chi connectivity index (χ4v) is 3.95. The number of hydrogen-bond acceptors (Lipinski definition) is 5. The fourth-order valence-electron chi connectivity index (χ4n) is 3.95. The molecule has 0 bridgehead atoms. The SMILES string of the molecule is CCC(=O)N(CCN1CCOCC1)CC(=O)Nc1nc(-c2ccccc2)cn1-c1ccc(F)cc1. The maximum Gasteiger partial charge on any atom is 0.246 e. The van der Waals surface area contributed by atoms with Crippen molar-refractivity contribution in [3.63, 3.8) is 0 Å². The third-order valence-electron chi connectivity index (χ3n) is 5.91. The summed E-state index contributed by atoms with van der Waals surface area (Å²) >= 11 is 0. The number of aromatic nitrogens is 2. The molecule has 3 aromatic rings. The van der Waals surface area contributed by atoms with Gasteiger partial charge in [0.05, 0.1) is 25.5 Å². The van der Waals surface area contributed by atoms with E-state index in [9.17, 15) is 14.0 Å². The van der Waals surface area contributed by atoms with Crippen molar-refractivity contribution in [3.05, 3.63) is 66.6 Å². The van der Waals surface area contributed by atoms with Crippen LogP contribution in [0.5, 0.6) is 0 Å². The van der Waals surface area contributed by atoms with Gasteiger partial charge in [0.25, 0.3) is 0 Å². The lowest BCUT2D eigenvalue weighted by Crippen LogP contribution is -2.45.